The summed E-state index contributed by atoms with van der Waals surface area (Å²) in [6, 6.07) is 0. The van der Waals surface area contributed by atoms with Gasteiger partial charge in [0.2, 0.25) is 0 Å². The first-order valence-corrected chi connectivity index (χ1v) is 35.4. The maximum absolute atomic E-state index is 12.8. The molecule has 2 atom stereocenters. The molecule has 0 heterocycles. The number of carbonyl (C=O) groups is 2. The van der Waals surface area contributed by atoms with Crippen molar-refractivity contribution in [3.8, 4) is 0 Å². The lowest BCUT2D eigenvalue weighted by molar-refractivity contribution is -0.870. The Balaban J connectivity index is 4.04. The van der Waals surface area contributed by atoms with E-state index < -0.39 is 26.5 Å². The smallest absolute Gasteiger partial charge is 0.306 e. The summed E-state index contributed by atoms with van der Waals surface area (Å²) in [6.07, 6.45) is 86.4. The van der Waals surface area contributed by atoms with Crippen LogP contribution in [0, 0.1) is 0 Å². The van der Waals surface area contributed by atoms with E-state index in [1.54, 1.807) is 0 Å². The lowest BCUT2D eigenvalue weighted by atomic mass is 10.0. The fourth-order valence-corrected chi connectivity index (χ4v) is 10.1. The molecule has 0 amide bonds. The van der Waals surface area contributed by atoms with E-state index in [9.17, 15) is 19.0 Å². The molecule has 0 aliphatic carbocycles. The van der Waals surface area contributed by atoms with Gasteiger partial charge in [-0.2, -0.15) is 0 Å². The van der Waals surface area contributed by atoms with Crippen LogP contribution < -0.4 is 4.89 Å². The van der Waals surface area contributed by atoms with Gasteiger partial charge < -0.3 is 27.9 Å². The number of quaternary nitrogens is 1. The highest BCUT2D eigenvalue weighted by Gasteiger charge is 2.22. The van der Waals surface area contributed by atoms with Crippen LogP contribution in [0.15, 0.2) is 97.2 Å². The molecule has 0 aliphatic rings. The van der Waals surface area contributed by atoms with Crippen molar-refractivity contribution < 1.29 is 42.1 Å². The summed E-state index contributed by atoms with van der Waals surface area (Å²) < 4.78 is 34.2. The molecular formula is C72H128NO8P. The van der Waals surface area contributed by atoms with Crippen LogP contribution in [0.2, 0.25) is 0 Å². The number of phosphoric ester groups is 1. The van der Waals surface area contributed by atoms with Crippen molar-refractivity contribution in [1.82, 2.24) is 0 Å². The second kappa shape index (κ2) is 62.5. The molecule has 0 spiro atoms. The first-order chi connectivity index (χ1) is 40.0. The van der Waals surface area contributed by atoms with Gasteiger partial charge in [-0.15, -0.1) is 0 Å². The highest BCUT2D eigenvalue weighted by atomic mass is 31.2. The van der Waals surface area contributed by atoms with Crippen molar-refractivity contribution in [3.63, 3.8) is 0 Å². The average Bonchev–Trinajstić information content (AvgIpc) is 3.46. The molecule has 0 radical (unpaired) electrons. The second-order valence-corrected chi connectivity index (χ2v) is 25.2. The summed E-state index contributed by atoms with van der Waals surface area (Å²) in [6.45, 7) is 4.11. The fraction of sp³-hybridized carbons (Fsp3) is 0.750. The second-order valence-electron chi connectivity index (χ2n) is 23.8. The van der Waals surface area contributed by atoms with Crippen molar-refractivity contribution in [2.75, 3.05) is 47.5 Å². The van der Waals surface area contributed by atoms with Gasteiger partial charge in [-0.05, 0) is 96.3 Å². The van der Waals surface area contributed by atoms with E-state index in [0.717, 1.165) is 89.9 Å². The highest BCUT2D eigenvalue weighted by molar-refractivity contribution is 7.45. The minimum Gasteiger partial charge on any atom is -0.756 e. The molecule has 0 aromatic heterocycles. The van der Waals surface area contributed by atoms with Crippen LogP contribution in [-0.4, -0.2) is 70.0 Å². The van der Waals surface area contributed by atoms with Gasteiger partial charge in [-0.1, -0.05) is 284 Å². The van der Waals surface area contributed by atoms with Gasteiger partial charge in [0.15, 0.2) is 6.10 Å². The Morgan fingerprint density at radius 3 is 1.04 bits per heavy atom. The van der Waals surface area contributed by atoms with Crippen molar-refractivity contribution in [1.29, 1.82) is 0 Å². The van der Waals surface area contributed by atoms with Crippen LogP contribution in [0.3, 0.4) is 0 Å². The molecule has 10 heteroatoms. The van der Waals surface area contributed by atoms with E-state index in [2.05, 4.69) is 111 Å². The summed E-state index contributed by atoms with van der Waals surface area (Å²) in [7, 11) is 1.14. The first kappa shape index (κ1) is 78.9. The van der Waals surface area contributed by atoms with Gasteiger partial charge in [-0.25, -0.2) is 0 Å². The monoisotopic (exact) mass is 1170 g/mol. The van der Waals surface area contributed by atoms with Crippen molar-refractivity contribution in [2.24, 2.45) is 0 Å². The van der Waals surface area contributed by atoms with E-state index in [-0.39, 0.29) is 32.0 Å². The van der Waals surface area contributed by atoms with Gasteiger partial charge in [0.05, 0.1) is 27.7 Å². The largest absolute Gasteiger partial charge is 0.756 e. The lowest BCUT2D eigenvalue weighted by Gasteiger charge is -2.28. The number of esters is 2. The van der Waals surface area contributed by atoms with Gasteiger partial charge >= 0.3 is 11.9 Å². The number of rotatable bonds is 62. The van der Waals surface area contributed by atoms with E-state index in [0.29, 0.717) is 17.4 Å². The Labute approximate surface area is 506 Å². The van der Waals surface area contributed by atoms with E-state index in [4.69, 9.17) is 18.5 Å². The number of unbranched alkanes of at least 4 members (excludes halogenated alkanes) is 32. The summed E-state index contributed by atoms with van der Waals surface area (Å²) in [5.74, 6) is -0.857. The molecule has 0 saturated heterocycles. The number of likely N-dealkylation sites (N-methyl/N-ethyl adjacent to an activating group) is 1. The van der Waals surface area contributed by atoms with E-state index in [1.165, 1.54) is 173 Å². The number of nitrogens with zero attached hydrogens (tertiary/aromatic N) is 1. The van der Waals surface area contributed by atoms with Crippen molar-refractivity contribution >= 4 is 19.8 Å². The molecule has 0 aromatic rings. The molecule has 474 valence electrons. The number of hydrogen-bond donors (Lipinski definition) is 0. The number of ether oxygens (including phenoxy) is 2. The molecule has 0 fully saturated rings. The lowest BCUT2D eigenvalue weighted by Crippen LogP contribution is -2.37. The summed E-state index contributed by atoms with van der Waals surface area (Å²) in [5.41, 5.74) is 0. The minimum atomic E-state index is -4.65. The number of carbonyl (C=O) groups excluding carboxylic acids is 2. The van der Waals surface area contributed by atoms with Crippen LogP contribution >= 0.6 is 7.82 Å². The molecule has 0 saturated carbocycles. The molecular weight excluding hydrogens is 1040 g/mol. The van der Waals surface area contributed by atoms with Crippen LogP contribution in [0.1, 0.15) is 296 Å². The number of hydrogen-bond acceptors (Lipinski definition) is 8. The van der Waals surface area contributed by atoms with E-state index >= 15 is 0 Å². The first-order valence-electron chi connectivity index (χ1n) is 33.9. The SMILES string of the molecule is CC/C=C\C/C=C\C/C=C\C/C=C\C/C=C\C/C=C\CCCCCCC(=O)OC(COC(=O)CCCCCCCCCCCCCCCCCCCCCCCCC/C=C\C/C=C\CCCCCCC)COP(=O)([O-])OCC[N+](C)(C)C. The summed E-state index contributed by atoms with van der Waals surface area (Å²) >= 11 is 0. The molecule has 9 nitrogen and oxygen atoms in total. The number of allylic oxidation sites excluding steroid dienone is 16. The molecule has 2 unspecified atom stereocenters. The molecule has 0 bridgehead atoms. The Morgan fingerprint density at radius 1 is 0.390 bits per heavy atom. The molecule has 0 aliphatic heterocycles. The zero-order valence-corrected chi connectivity index (χ0v) is 54.8. The normalized spacial score (nSPS) is 13.8. The summed E-state index contributed by atoms with van der Waals surface area (Å²) in [5, 5.41) is 0. The zero-order chi connectivity index (χ0) is 59.8. The average molecular weight is 1170 g/mol. The topological polar surface area (TPSA) is 111 Å². The van der Waals surface area contributed by atoms with E-state index in [1.807, 2.05) is 21.1 Å². The third-order valence-corrected chi connectivity index (χ3v) is 15.6. The predicted molar refractivity (Wildman–Crippen MR) is 351 cm³/mol. The standard InChI is InChI=1S/C72H128NO8P/c1-6-8-10-12-14-16-18-20-22-24-26-28-30-31-32-33-34-35-36-37-38-39-40-41-43-44-46-48-50-52-54-56-58-60-62-64-71(74)78-68-70(69-80-82(76,77)79-67-66-73(3,4)5)81-72(75)65-63-61-59-57-55-53-51-49-47-45-42-29-27-25-23-21-19-17-15-13-11-9-7-2/h9,11,15,17-18,20-21,23-24,26-27,29,45,47,51,53,70H,6-8,10,12-14,16,19,22,25,28,30-44,46,48-50,52,54-69H2,1-5H3/b11-9-,17-15-,20-18-,23-21-,26-24-,29-27-,47-45-,53-51-. The third kappa shape index (κ3) is 66.1. The molecule has 82 heavy (non-hydrogen) atoms. The van der Waals surface area contributed by atoms with Gasteiger partial charge in [-0.3, -0.25) is 14.2 Å². The maximum Gasteiger partial charge on any atom is 0.306 e. The number of phosphoric acid groups is 1. The quantitative estimate of drug-likeness (QED) is 0.0195. The summed E-state index contributed by atoms with van der Waals surface area (Å²) in [4.78, 5) is 38.0. The van der Waals surface area contributed by atoms with Crippen molar-refractivity contribution in [3.05, 3.63) is 97.2 Å². The van der Waals surface area contributed by atoms with Gasteiger partial charge in [0.1, 0.15) is 19.8 Å². The molecule has 0 rings (SSSR count). The van der Waals surface area contributed by atoms with Crippen LogP contribution in [0.25, 0.3) is 0 Å². The van der Waals surface area contributed by atoms with Crippen molar-refractivity contribution in [2.45, 2.75) is 302 Å². The molecule has 0 N–H and O–H groups in total. The Morgan fingerprint density at radius 2 is 0.695 bits per heavy atom. The van der Waals surface area contributed by atoms with Crippen LogP contribution in [0.5, 0.6) is 0 Å². The Hall–Kier alpha value is -3.07. The highest BCUT2D eigenvalue weighted by Crippen LogP contribution is 2.38. The van der Waals surface area contributed by atoms with Crippen LogP contribution in [0.4, 0.5) is 0 Å². The fourth-order valence-electron chi connectivity index (χ4n) is 9.40. The molecule has 0 aromatic carbocycles. The van der Waals surface area contributed by atoms with Crippen LogP contribution in [-0.2, 0) is 32.7 Å². The Kier molecular flexibility index (Phi) is 60.1. The maximum atomic E-state index is 12.8. The van der Waals surface area contributed by atoms with Gasteiger partial charge in [0.25, 0.3) is 7.82 Å². The Bertz CT molecular complexity index is 1710. The minimum absolute atomic E-state index is 0.0396. The predicted octanol–water partition coefficient (Wildman–Crippen LogP) is 21.3. The zero-order valence-electron chi connectivity index (χ0n) is 53.9. The third-order valence-electron chi connectivity index (χ3n) is 14.6. The van der Waals surface area contributed by atoms with Gasteiger partial charge in [0, 0.05) is 12.8 Å².